The normalized spacial score (nSPS) is 11.9. The Morgan fingerprint density at radius 1 is 1.37 bits per heavy atom. The van der Waals surface area contributed by atoms with Crippen molar-refractivity contribution >= 4 is 11.3 Å². The SMILES string of the molecule is CC(C)(C)c1nc(CNCCCn2ccnc2)cs1. The van der Waals surface area contributed by atoms with E-state index in [1.165, 1.54) is 5.01 Å². The second-order valence-electron chi connectivity index (χ2n) is 5.72. The molecule has 0 fully saturated rings. The summed E-state index contributed by atoms with van der Waals surface area (Å²) in [6.45, 7) is 9.48. The average Bonchev–Trinajstić information content (AvgIpc) is 2.97. The molecule has 0 aliphatic rings. The maximum Gasteiger partial charge on any atom is 0.0982 e. The summed E-state index contributed by atoms with van der Waals surface area (Å²) in [4.78, 5) is 8.70. The highest BCUT2D eigenvalue weighted by Crippen LogP contribution is 2.25. The number of hydrogen-bond donors (Lipinski definition) is 1. The molecule has 4 nitrogen and oxygen atoms in total. The summed E-state index contributed by atoms with van der Waals surface area (Å²) < 4.78 is 2.10. The predicted molar refractivity (Wildman–Crippen MR) is 79.4 cm³/mol. The molecule has 0 amide bonds. The first kappa shape index (κ1) is 14.2. The van der Waals surface area contributed by atoms with Crippen LogP contribution in [-0.4, -0.2) is 21.1 Å². The number of aromatic nitrogens is 3. The van der Waals surface area contributed by atoms with Crippen LogP contribution in [-0.2, 0) is 18.5 Å². The fourth-order valence-corrected chi connectivity index (χ4v) is 2.66. The first-order chi connectivity index (χ1) is 9.05. The molecule has 0 radical (unpaired) electrons. The van der Waals surface area contributed by atoms with Crippen LogP contribution in [0.25, 0.3) is 0 Å². The molecule has 0 spiro atoms. The highest BCUT2D eigenvalue weighted by molar-refractivity contribution is 7.09. The zero-order valence-corrected chi connectivity index (χ0v) is 12.7. The van der Waals surface area contributed by atoms with Crippen LogP contribution in [0.15, 0.2) is 24.1 Å². The molecule has 2 rings (SSSR count). The Morgan fingerprint density at radius 2 is 2.21 bits per heavy atom. The summed E-state index contributed by atoms with van der Waals surface area (Å²) in [6, 6.07) is 0. The van der Waals surface area contributed by atoms with Crippen LogP contribution in [0.5, 0.6) is 0 Å². The van der Waals surface area contributed by atoms with E-state index in [0.717, 1.165) is 31.7 Å². The Labute approximate surface area is 118 Å². The molecule has 19 heavy (non-hydrogen) atoms. The maximum atomic E-state index is 4.67. The van der Waals surface area contributed by atoms with E-state index in [-0.39, 0.29) is 5.41 Å². The summed E-state index contributed by atoms with van der Waals surface area (Å²) >= 11 is 1.75. The van der Waals surface area contributed by atoms with E-state index in [0.29, 0.717) is 0 Å². The minimum absolute atomic E-state index is 0.157. The molecule has 0 bridgehead atoms. The number of thiazole rings is 1. The van der Waals surface area contributed by atoms with Gasteiger partial charge in [0.25, 0.3) is 0 Å². The first-order valence-corrected chi connectivity index (χ1v) is 7.55. The summed E-state index contributed by atoms with van der Waals surface area (Å²) in [5.74, 6) is 0. The van der Waals surface area contributed by atoms with Crippen molar-refractivity contribution in [2.45, 2.75) is 45.7 Å². The van der Waals surface area contributed by atoms with Gasteiger partial charge in [-0.15, -0.1) is 11.3 Å². The van der Waals surface area contributed by atoms with Crippen LogP contribution in [0, 0.1) is 0 Å². The second-order valence-corrected chi connectivity index (χ2v) is 6.58. The number of hydrogen-bond acceptors (Lipinski definition) is 4. The Bertz CT molecular complexity index is 482. The monoisotopic (exact) mass is 278 g/mol. The highest BCUT2D eigenvalue weighted by Gasteiger charge is 2.17. The molecule has 0 saturated heterocycles. The molecular formula is C14H22N4S. The summed E-state index contributed by atoms with van der Waals surface area (Å²) in [5.41, 5.74) is 1.31. The largest absolute Gasteiger partial charge is 0.337 e. The maximum absolute atomic E-state index is 4.67. The van der Waals surface area contributed by atoms with Crippen molar-refractivity contribution in [1.29, 1.82) is 0 Å². The third-order valence-electron chi connectivity index (χ3n) is 2.83. The van der Waals surface area contributed by atoms with E-state index in [2.05, 4.69) is 46.0 Å². The van der Waals surface area contributed by atoms with Gasteiger partial charge in [0.1, 0.15) is 0 Å². The number of nitrogens with one attached hydrogen (secondary N) is 1. The van der Waals surface area contributed by atoms with Crippen molar-refractivity contribution < 1.29 is 0 Å². The van der Waals surface area contributed by atoms with Crippen molar-refractivity contribution in [3.8, 4) is 0 Å². The van der Waals surface area contributed by atoms with Crippen LogP contribution < -0.4 is 5.32 Å². The van der Waals surface area contributed by atoms with Crippen molar-refractivity contribution in [2.75, 3.05) is 6.54 Å². The molecule has 0 aliphatic carbocycles. The van der Waals surface area contributed by atoms with Gasteiger partial charge in [-0.3, -0.25) is 0 Å². The van der Waals surface area contributed by atoms with E-state index in [1.807, 2.05) is 18.7 Å². The highest BCUT2D eigenvalue weighted by atomic mass is 32.1. The smallest absolute Gasteiger partial charge is 0.0982 e. The molecule has 2 aromatic rings. The van der Waals surface area contributed by atoms with Crippen molar-refractivity contribution in [1.82, 2.24) is 19.9 Å². The van der Waals surface area contributed by atoms with Crippen LogP contribution in [0.2, 0.25) is 0 Å². The molecule has 1 N–H and O–H groups in total. The number of aryl methyl sites for hydroxylation is 1. The second kappa shape index (κ2) is 6.30. The Balaban J connectivity index is 1.67. The van der Waals surface area contributed by atoms with Gasteiger partial charge in [-0.2, -0.15) is 0 Å². The molecule has 0 unspecified atom stereocenters. The lowest BCUT2D eigenvalue weighted by Crippen LogP contribution is -2.17. The molecule has 0 saturated carbocycles. The predicted octanol–water partition coefficient (Wildman–Crippen LogP) is 2.82. The molecule has 2 heterocycles. The third-order valence-corrected chi connectivity index (χ3v) is 4.15. The van der Waals surface area contributed by atoms with Crippen molar-refractivity contribution in [3.63, 3.8) is 0 Å². The van der Waals surface area contributed by atoms with Gasteiger partial charge in [-0.05, 0) is 13.0 Å². The fourth-order valence-electron chi connectivity index (χ4n) is 1.75. The van der Waals surface area contributed by atoms with Gasteiger partial charge in [0, 0.05) is 36.3 Å². The lowest BCUT2D eigenvalue weighted by molar-refractivity contribution is 0.566. The lowest BCUT2D eigenvalue weighted by Gasteiger charge is -2.13. The van der Waals surface area contributed by atoms with Crippen molar-refractivity contribution in [2.24, 2.45) is 0 Å². The van der Waals surface area contributed by atoms with Crippen LogP contribution in [0.3, 0.4) is 0 Å². The Morgan fingerprint density at radius 3 is 2.84 bits per heavy atom. The fraction of sp³-hybridized carbons (Fsp3) is 0.571. The van der Waals surface area contributed by atoms with Gasteiger partial charge in [-0.25, -0.2) is 9.97 Å². The molecule has 5 heteroatoms. The molecule has 0 aromatic carbocycles. The minimum atomic E-state index is 0.157. The van der Waals surface area contributed by atoms with Gasteiger partial charge >= 0.3 is 0 Å². The molecule has 104 valence electrons. The van der Waals surface area contributed by atoms with Crippen LogP contribution >= 0.6 is 11.3 Å². The number of rotatable bonds is 6. The third kappa shape index (κ3) is 4.44. The van der Waals surface area contributed by atoms with Crippen molar-refractivity contribution in [3.05, 3.63) is 34.8 Å². The summed E-state index contributed by atoms with van der Waals surface area (Å²) in [6.07, 6.45) is 6.77. The van der Waals surface area contributed by atoms with Crippen LogP contribution in [0.1, 0.15) is 37.9 Å². The van der Waals surface area contributed by atoms with E-state index >= 15 is 0 Å². The molecule has 2 aromatic heterocycles. The van der Waals surface area contributed by atoms with E-state index in [4.69, 9.17) is 0 Å². The topological polar surface area (TPSA) is 42.7 Å². The number of nitrogens with zero attached hydrogens (tertiary/aromatic N) is 3. The number of imidazole rings is 1. The zero-order valence-electron chi connectivity index (χ0n) is 11.9. The Kier molecular flexibility index (Phi) is 4.71. The Hall–Kier alpha value is -1.20. The molecule has 0 aliphatic heterocycles. The lowest BCUT2D eigenvalue weighted by atomic mass is 9.98. The quantitative estimate of drug-likeness (QED) is 0.826. The van der Waals surface area contributed by atoms with E-state index in [9.17, 15) is 0 Å². The minimum Gasteiger partial charge on any atom is -0.337 e. The van der Waals surface area contributed by atoms with Gasteiger partial charge in [0.05, 0.1) is 17.0 Å². The standard InChI is InChI=1S/C14H22N4S/c1-14(2,3)13-17-12(10-19-13)9-15-5-4-7-18-8-6-16-11-18/h6,8,10-11,15H,4-5,7,9H2,1-3H3. The van der Waals surface area contributed by atoms with E-state index in [1.54, 1.807) is 11.3 Å². The molecular weight excluding hydrogens is 256 g/mol. The first-order valence-electron chi connectivity index (χ1n) is 6.67. The summed E-state index contributed by atoms with van der Waals surface area (Å²) in [5, 5.41) is 6.81. The van der Waals surface area contributed by atoms with E-state index < -0.39 is 0 Å². The van der Waals surface area contributed by atoms with Gasteiger partial charge in [0.2, 0.25) is 0 Å². The van der Waals surface area contributed by atoms with Crippen LogP contribution in [0.4, 0.5) is 0 Å². The van der Waals surface area contributed by atoms with Gasteiger partial charge < -0.3 is 9.88 Å². The van der Waals surface area contributed by atoms with Gasteiger partial charge in [-0.1, -0.05) is 20.8 Å². The zero-order chi connectivity index (χ0) is 13.7. The molecule has 0 atom stereocenters. The van der Waals surface area contributed by atoms with Gasteiger partial charge in [0.15, 0.2) is 0 Å². The summed E-state index contributed by atoms with van der Waals surface area (Å²) in [7, 11) is 0. The average molecular weight is 278 g/mol.